The number of aliphatic carboxylic acids is 1. The first kappa shape index (κ1) is 13.6. The number of ether oxygens (including phenoxy) is 1. The molecule has 0 aliphatic rings. The fourth-order valence-electron chi connectivity index (χ4n) is 0.640. The molecular formula is C9H14O6. The van der Waals surface area contributed by atoms with Gasteiger partial charge in [0.25, 0.3) is 0 Å². The van der Waals surface area contributed by atoms with Gasteiger partial charge in [-0.1, -0.05) is 5.57 Å². The Kier molecular flexibility index (Phi) is 5.58. The monoisotopic (exact) mass is 218 g/mol. The van der Waals surface area contributed by atoms with E-state index in [4.69, 9.17) is 15.3 Å². The summed E-state index contributed by atoms with van der Waals surface area (Å²) in [6.45, 7) is 3.51. The molecule has 0 fully saturated rings. The lowest BCUT2D eigenvalue weighted by Gasteiger charge is -2.12. The average Bonchev–Trinajstić information content (AvgIpc) is 2.14. The van der Waals surface area contributed by atoms with Crippen molar-refractivity contribution in [3.8, 4) is 0 Å². The first-order chi connectivity index (χ1) is 6.86. The van der Waals surface area contributed by atoms with E-state index in [9.17, 15) is 9.59 Å². The molecule has 2 atom stereocenters. The van der Waals surface area contributed by atoms with Crippen LogP contribution in [0.4, 0.5) is 0 Å². The summed E-state index contributed by atoms with van der Waals surface area (Å²) in [5, 5.41) is 26.1. The Hall–Kier alpha value is -1.40. The standard InChI is InChI=1S/C9H14O6/c1-5(2)3-4-15-9(14)7(11)6(10)8(12)13/h3,6-7,10-11H,4H2,1-2H3,(H,12,13). The molecule has 2 unspecified atom stereocenters. The Morgan fingerprint density at radius 1 is 1.27 bits per heavy atom. The van der Waals surface area contributed by atoms with Gasteiger partial charge in [0.2, 0.25) is 0 Å². The molecule has 6 heteroatoms. The van der Waals surface area contributed by atoms with E-state index >= 15 is 0 Å². The van der Waals surface area contributed by atoms with Crippen molar-refractivity contribution in [3.05, 3.63) is 11.6 Å². The largest absolute Gasteiger partial charge is 0.479 e. The van der Waals surface area contributed by atoms with Gasteiger partial charge < -0.3 is 20.1 Å². The molecule has 0 saturated carbocycles. The topological polar surface area (TPSA) is 104 Å². The minimum atomic E-state index is -2.16. The Morgan fingerprint density at radius 3 is 2.20 bits per heavy atom. The zero-order valence-corrected chi connectivity index (χ0v) is 8.51. The molecule has 0 aromatic heterocycles. The average molecular weight is 218 g/mol. The van der Waals surface area contributed by atoms with Crippen LogP contribution in [0.1, 0.15) is 13.8 Å². The summed E-state index contributed by atoms with van der Waals surface area (Å²) in [7, 11) is 0. The van der Waals surface area contributed by atoms with E-state index in [1.165, 1.54) is 0 Å². The lowest BCUT2D eigenvalue weighted by atomic mass is 10.2. The van der Waals surface area contributed by atoms with Crippen LogP contribution in [-0.2, 0) is 14.3 Å². The van der Waals surface area contributed by atoms with Crippen molar-refractivity contribution in [3.63, 3.8) is 0 Å². The number of carboxylic acids is 1. The number of carbonyl (C=O) groups is 2. The Morgan fingerprint density at radius 2 is 1.80 bits per heavy atom. The van der Waals surface area contributed by atoms with Crippen LogP contribution in [0.3, 0.4) is 0 Å². The Bertz CT molecular complexity index is 266. The van der Waals surface area contributed by atoms with Crippen LogP contribution in [-0.4, -0.2) is 46.1 Å². The zero-order chi connectivity index (χ0) is 12.0. The number of aliphatic hydroxyl groups excluding tert-OH is 2. The molecule has 86 valence electrons. The number of hydrogen-bond acceptors (Lipinski definition) is 5. The normalized spacial score (nSPS) is 13.9. The number of carboxylic acid groups (broad SMARTS) is 1. The quantitative estimate of drug-likeness (QED) is 0.416. The van der Waals surface area contributed by atoms with Gasteiger partial charge in [0, 0.05) is 0 Å². The molecule has 15 heavy (non-hydrogen) atoms. The second-order valence-electron chi connectivity index (χ2n) is 3.14. The first-order valence-electron chi connectivity index (χ1n) is 4.25. The van der Waals surface area contributed by atoms with E-state index in [2.05, 4.69) is 4.74 Å². The van der Waals surface area contributed by atoms with E-state index in [1.807, 2.05) is 0 Å². The van der Waals surface area contributed by atoms with Gasteiger partial charge in [-0.15, -0.1) is 0 Å². The van der Waals surface area contributed by atoms with Crippen molar-refractivity contribution in [1.82, 2.24) is 0 Å². The van der Waals surface area contributed by atoms with Crippen LogP contribution in [0.15, 0.2) is 11.6 Å². The molecule has 0 aromatic carbocycles. The summed E-state index contributed by atoms with van der Waals surface area (Å²) in [6.07, 6.45) is -2.64. The van der Waals surface area contributed by atoms with E-state index in [1.54, 1.807) is 19.9 Å². The Labute approximate surface area is 86.8 Å². The van der Waals surface area contributed by atoms with Crippen molar-refractivity contribution in [1.29, 1.82) is 0 Å². The lowest BCUT2D eigenvalue weighted by molar-refractivity contribution is -0.169. The number of hydrogen-bond donors (Lipinski definition) is 3. The van der Waals surface area contributed by atoms with Crippen molar-refractivity contribution in [2.45, 2.75) is 26.1 Å². The summed E-state index contributed by atoms with van der Waals surface area (Å²) in [4.78, 5) is 21.1. The van der Waals surface area contributed by atoms with Gasteiger partial charge in [0.1, 0.15) is 6.61 Å². The molecule has 0 rings (SSSR count). The van der Waals surface area contributed by atoms with Crippen LogP contribution >= 0.6 is 0 Å². The van der Waals surface area contributed by atoms with Crippen LogP contribution in [0.25, 0.3) is 0 Å². The van der Waals surface area contributed by atoms with Gasteiger partial charge in [-0.3, -0.25) is 0 Å². The van der Waals surface area contributed by atoms with Crippen molar-refractivity contribution >= 4 is 11.9 Å². The molecule has 0 aliphatic heterocycles. The van der Waals surface area contributed by atoms with E-state index in [0.717, 1.165) is 5.57 Å². The summed E-state index contributed by atoms with van der Waals surface area (Å²) in [5.41, 5.74) is 0.913. The van der Waals surface area contributed by atoms with Crippen molar-refractivity contribution in [2.24, 2.45) is 0 Å². The second kappa shape index (κ2) is 6.15. The highest BCUT2D eigenvalue weighted by Gasteiger charge is 2.31. The maximum Gasteiger partial charge on any atom is 0.338 e. The molecule has 0 aliphatic carbocycles. The first-order valence-corrected chi connectivity index (χ1v) is 4.25. The van der Waals surface area contributed by atoms with E-state index in [0.29, 0.717) is 0 Å². The van der Waals surface area contributed by atoms with Gasteiger partial charge >= 0.3 is 11.9 Å². The molecule has 6 nitrogen and oxygen atoms in total. The van der Waals surface area contributed by atoms with E-state index < -0.39 is 24.1 Å². The molecule has 0 aromatic rings. The fourth-order valence-corrected chi connectivity index (χ4v) is 0.640. The maximum absolute atomic E-state index is 10.9. The number of carbonyl (C=O) groups excluding carboxylic acids is 1. The molecule has 0 saturated heterocycles. The molecular weight excluding hydrogens is 204 g/mol. The summed E-state index contributed by atoms with van der Waals surface area (Å²) >= 11 is 0. The summed E-state index contributed by atoms with van der Waals surface area (Å²) in [6, 6.07) is 0. The highest BCUT2D eigenvalue weighted by atomic mass is 16.5. The van der Waals surface area contributed by atoms with Crippen LogP contribution in [0, 0.1) is 0 Å². The lowest BCUT2D eigenvalue weighted by Crippen LogP contribution is -2.40. The van der Waals surface area contributed by atoms with Gasteiger partial charge in [0.15, 0.2) is 12.2 Å². The van der Waals surface area contributed by atoms with Gasteiger partial charge in [-0.25, -0.2) is 9.59 Å². The molecule has 0 bridgehead atoms. The third-order valence-corrected chi connectivity index (χ3v) is 1.51. The van der Waals surface area contributed by atoms with Crippen LogP contribution < -0.4 is 0 Å². The minimum Gasteiger partial charge on any atom is -0.479 e. The summed E-state index contributed by atoms with van der Waals surface area (Å²) < 4.78 is 4.50. The molecule has 0 spiro atoms. The molecule has 0 amide bonds. The van der Waals surface area contributed by atoms with Gasteiger partial charge in [-0.2, -0.15) is 0 Å². The minimum absolute atomic E-state index is 0.0649. The van der Waals surface area contributed by atoms with E-state index in [-0.39, 0.29) is 6.61 Å². The highest BCUT2D eigenvalue weighted by molar-refractivity contribution is 5.84. The molecule has 0 radical (unpaired) electrons. The summed E-state index contributed by atoms with van der Waals surface area (Å²) in [5.74, 6) is -2.84. The van der Waals surface area contributed by atoms with Gasteiger partial charge in [0.05, 0.1) is 0 Å². The zero-order valence-electron chi connectivity index (χ0n) is 8.51. The third-order valence-electron chi connectivity index (χ3n) is 1.51. The smallest absolute Gasteiger partial charge is 0.338 e. The van der Waals surface area contributed by atoms with Crippen molar-refractivity contribution < 1.29 is 29.6 Å². The number of esters is 1. The maximum atomic E-state index is 10.9. The number of allylic oxidation sites excluding steroid dienone is 1. The second-order valence-corrected chi connectivity index (χ2v) is 3.14. The molecule has 3 N–H and O–H groups in total. The van der Waals surface area contributed by atoms with Crippen LogP contribution in [0.5, 0.6) is 0 Å². The van der Waals surface area contributed by atoms with Crippen molar-refractivity contribution in [2.75, 3.05) is 6.61 Å². The SMILES string of the molecule is CC(C)=CCOC(=O)C(O)C(O)C(=O)O. The molecule has 0 heterocycles. The van der Waals surface area contributed by atoms with Gasteiger partial charge in [-0.05, 0) is 19.9 Å². The Balaban J connectivity index is 4.11. The number of rotatable bonds is 5. The number of aliphatic hydroxyl groups is 2. The highest BCUT2D eigenvalue weighted by Crippen LogP contribution is 1.98. The predicted molar refractivity (Wildman–Crippen MR) is 50.0 cm³/mol. The third kappa shape index (κ3) is 5.14. The van der Waals surface area contributed by atoms with Crippen LogP contribution in [0.2, 0.25) is 0 Å². The fraction of sp³-hybridized carbons (Fsp3) is 0.556. The predicted octanol–water partition coefficient (Wildman–Crippen LogP) is -0.698.